The molecule has 0 spiro atoms. The Morgan fingerprint density at radius 1 is 0.976 bits per heavy atom. The number of benzene rings is 3. The summed E-state index contributed by atoms with van der Waals surface area (Å²) in [5, 5.41) is 3.65. The molecule has 0 aromatic heterocycles. The second kappa shape index (κ2) is 13.9. The lowest BCUT2D eigenvalue weighted by Crippen LogP contribution is -2.54. The molecule has 0 heterocycles. The van der Waals surface area contributed by atoms with E-state index in [9.17, 15) is 18.0 Å². The number of nitrogens with zero attached hydrogens (tertiary/aromatic N) is 2. The number of carbonyl (C=O) groups is 2. The lowest BCUT2D eigenvalue weighted by atomic mass is 10.0. The molecule has 218 valence electrons. The Bertz CT molecular complexity index is 1440. The van der Waals surface area contributed by atoms with Gasteiger partial charge in [0.1, 0.15) is 18.3 Å². The van der Waals surface area contributed by atoms with Crippen LogP contribution >= 0.6 is 11.6 Å². The predicted molar refractivity (Wildman–Crippen MR) is 162 cm³/mol. The Morgan fingerprint density at radius 2 is 1.66 bits per heavy atom. The monoisotopic (exact) mass is 597 g/mol. The highest BCUT2D eigenvalue weighted by Crippen LogP contribution is 2.25. The van der Waals surface area contributed by atoms with E-state index in [2.05, 4.69) is 5.32 Å². The van der Waals surface area contributed by atoms with Gasteiger partial charge in [-0.3, -0.25) is 13.9 Å². The van der Waals surface area contributed by atoms with Crippen molar-refractivity contribution in [3.63, 3.8) is 0 Å². The maximum absolute atomic E-state index is 14.2. The first kappa shape index (κ1) is 30.4. The zero-order valence-electron chi connectivity index (χ0n) is 23.3. The summed E-state index contributed by atoms with van der Waals surface area (Å²) in [7, 11) is -2.38. The number of methoxy groups -OCH3 is 1. The number of ether oxygens (including phenoxy) is 1. The number of halogens is 1. The third-order valence-corrected chi connectivity index (χ3v) is 8.61. The number of hydrogen-bond donors (Lipinski definition) is 1. The molecule has 4 rings (SSSR count). The SMILES string of the molecule is COc1cccc(N(CC(=O)N(Cc2cccc(Cl)c2)[C@H](Cc2ccccc2)C(=O)NC2CCCC2)S(C)(=O)=O)c1. The molecule has 1 aliphatic rings. The largest absolute Gasteiger partial charge is 0.497 e. The molecule has 2 amide bonds. The maximum Gasteiger partial charge on any atom is 0.244 e. The minimum Gasteiger partial charge on any atom is -0.497 e. The highest BCUT2D eigenvalue weighted by molar-refractivity contribution is 7.92. The fourth-order valence-corrected chi connectivity index (χ4v) is 6.19. The van der Waals surface area contributed by atoms with Crippen molar-refractivity contribution in [3.05, 3.63) is 95.0 Å². The Hall–Kier alpha value is -3.56. The van der Waals surface area contributed by atoms with E-state index in [4.69, 9.17) is 16.3 Å². The molecule has 1 N–H and O–H groups in total. The average Bonchev–Trinajstić information content (AvgIpc) is 3.46. The zero-order chi connectivity index (χ0) is 29.4. The van der Waals surface area contributed by atoms with Crippen LogP contribution in [0.2, 0.25) is 5.02 Å². The molecule has 3 aromatic rings. The Morgan fingerprint density at radius 3 is 2.32 bits per heavy atom. The van der Waals surface area contributed by atoms with E-state index in [1.807, 2.05) is 36.4 Å². The van der Waals surface area contributed by atoms with Crippen LogP contribution in [0.3, 0.4) is 0 Å². The summed E-state index contributed by atoms with van der Waals surface area (Å²) in [6.07, 6.45) is 5.19. The smallest absolute Gasteiger partial charge is 0.244 e. The first-order valence-electron chi connectivity index (χ1n) is 13.6. The van der Waals surface area contributed by atoms with Crippen LogP contribution in [0.4, 0.5) is 5.69 Å². The van der Waals surface area contributed by atoms with E-state index in [1.165, 1.54) is 12.0 Å². The molecule has 0 bridgehead atoms. The number of carbonyl (C=O) groups excluding carboxylic acids is 2. The lowest BCUT2D eigenvalue weighted by molar-refractivity contribution is -0.140. The van der Waals surface area contributed by atoms with Crippen LogP contribution < -0.4 is 14.4 Å². The Labute approximate surface area is 247 Å². The summed E-state index contributed by atoms with van der Waals surface area (Å²) >= 11 is 6.26. The molecular weight excluding hydrogens is 562 g/mol. The quantitative estimate of drug-likeness (QED) is 0.323. The molecule has 1 aliphatic carbocycles. The van der Waals surface area contributed by atoms with Crippen LogP contribution in [0, 0.1) is 0 Å². The standard InChI is InChI=1S/C31H36ClN3O5S/c1-40-28-17-9-16-27(20-28)35(41(2,38)39)22-30(36)34(21-24-12-8-13-25(32)18-24)29(19-23-10-4-3-5-11-23)31(37)33-26-14-6-7-15-26/h3-5,8-13,16-18,20,26,29H,6-7,14-15,19,21-22H2,1-2H3,(H,33,37)/t29-/m1/s1. The average molecular weight is 598 g/mol. The van der Waals surface area contributed by atoms with Crippen molar-refractivity contribution in [3.8, 4) is 5.75 Å². The van der Waals surface area contributed by atoms with Crippen molar-refractivity contribution in [2.24, 2.45) is 0 Å². The number of amides is 2. The van der Waals surface area contributed by atoms with Crippen LogP contribution in [0.25, 0.3) is 0 Å². The normalized spacial score (nSPS) is 14.3. The zero-order valence-corrected chi connectivity index (χ0v) is 24.9. The van der Waals surface area contributed by atoms with E-state index in [0.717, 1.165) is 47.4 Å². The molecule has 0 saturated heterocycles. The van der Waals surface area contributed by atoms with Crippen LogP contribution in [0.5, 0.6) is 5.75 Å². The van der Waals surface area contributed by atoms with E-state index in [1.54, 1.807) is 42.5 Å². The van der Waals surface area contributed by atoms with Gasteiger partial charge >= 0.3 is 0 Å². The molecule has 1 saturated carbocycles. The maximum atomic E-state index is 14.2. The van der Waals surface area contributed by atoms with Crippen LogP contribution in [-0.2, 0) is 32.6 Å². The number of rotatable bonds is 12. The van der Waals surface area contributed by atoms with Crippen LogP contribution in [-0.4, -0.2) is 57.1 Å². The van der Waals surface area contributed by atoms with Gasteiger partial charge in [-0.15, -0.1) is 0 Å². The van der Waals surface area contributed by atoms with Gasteiger partial charge in [0.2, 0.25) is 21.8 Å². The first-order chi connectivity index (χ1) is 19.6. The van der Waals surface area contributed by atoms with Gasteiger partial charge < -0.3 is 15.0 Å². The highest BCUT2D eigenvalue weighted by Gasteiger charge is 2.34. The third-order valence-electron chi connectivity index (χ3n) is 7.24. The molecule has 3 aromatic carbocycles. The molecule has 0 unspecified atom stereocenters. The minimum absolute atomic E-state index is 0.0493. The van der Waals surface area contributed by atoms with Gasteiger partial charge in [0.15, 0.2) is 0 Å². The summed E-state index contributed by atoms with van der Waals surface area (Å²) in [4.78, 5) is 29.5. The second-order valence-electron chi connectivity index (χ2n) is 10.3. The Balaban J connectivity index is 1.73. The van der Waals surface area contributed by atoms with E-state index >= 15 is 0 Å². The second-order valence-corrected chi connectivity index (χ2v) is 12.7. The minimum atomic E-state index is -3.87. The van der Waals surface area contributed by atoms with Crippen molar-refractivity contribution in [2.45, 2.75) is 50.7 Å². The molecule has 10 heteroatoms. The summed E-state index contributed by atoms with van der Waals surface area (Å²) in [5.41, 5.74) is 1.90. The van der Waals surface area contributed by atoms with E-state index in [0.29, 0.717) is 10.8 Å². The van der Waals surface area contributed by atoms with E-state index < -0.39 is 28.5 Å². The number of hydrogen-bond acceptors (Lipinski definition) is 5. The van der Waals surface area contributed by atoms with Crippen LogP contribution in [0.1, 0.15) is 36.8 Å². The van der Waals surface area contributed by atoms with Crippen molar-refractivity contribution in [1.82, 2.24) is 10.2 Å². The summed E-state index contributed by atoms with van der Waals surface area (Å²) in [6.45, 7) is -0.417. The molecule has 41 heavy (non-hydrogen) atoms. The molecule has 1 atom stereocenters. The van der Waals surface area contributed by atoms with Crippen LogP contribution in [0.15, 0.2) is 78.9 Å². The molecular formula is C31H36ClN3O5S. The Kier molecular flexibility index (Phi) is 10.3. The highest BCUT2D eigenvalue weighted by atomic mass is 35.5. The summed E-state index contributed by atoms with van der Waals surface area (Å²) in [5.74, 6) is -0.318. The predicted octanol–water partition coefficient (Wildman–Crippen LogP) is 4.81. The van der Waals surface area contributed by atoms with Gasteiger partial charge in [0.25, 0.3) is 0 Å². The van der Waals surface area contributed by atoms with Crippen molar-refractivity contribution >= 4 is 39.1 Å². The summed E-state index contributed by atoms with van der Waals surface area (Å²) < 4.78 is 32.2. The fourth-order valence-electron chi connectivity index (χ4n) is 5.13. The van der Waals surface area contributed by atoms with Crippen molar-refractivity contribution < 1.29 is 22.7 Å². The van der Waals surface area contributed by atoms with Gasteiger partial charge in [0, 0.05) is 30.1 Å². The van der Waals surface area contributed by atoms with Crippen molar-refractivity contribution in [2.75, 3.05) is 24.2 Å². The van der Waals surface area contributed by atoms with Gasteiger partial charge in [-0.25, -0.2) is 8.42 Å². The molecule has 0 aliphatic heterocycles. The van der Waals surface area contributed by atoms with Gasteiger partial charge in [-0.1, -0.05) is 73.0 Å². The fraction of sp³-hybridized carbons (Fsp3) is 0.355. The first-order valence-corrected chi connectivity index (χ1v) is 15.9. The van der Waals surface area contributed by atoms with Gasteiger partial charge in [0.05, 0.1) is 19.1 Å². The molecule has 0 radical (unpaired) electrons. The number of nitrogens with one attached hydrogen (secondary N) is 1. The van der Waals surface area contributed by atoms with Crippen molar-refractivity contribution in [1.29, 1.82) is 0 Å². The summed E-state index contributed by atoms with van der Waals surface area (Å²) in [6, 6.07) is 22.3. The molecule has 8 nitrogen and oxygen atoms in total. The van der Waals surface area contributed by atoms with Gasteiger partial charge in [-0.05, 0) is 48.2 Å². The number of sulfonamides is 1. The lowest BCUT2D eigenvalue weighted by Gasteiger charge is -2.34. The van der Waals surface area contributed by atoms with E-state index in [-0.39, 0.29) is 30.6 Å². The third kappa shape index (κ3) is 8.47. The van der Waals surface area contributed by atoms with Gasteiger partial charge in [-0.2, -0.15) is 0 Å². The topological polar surface area (TPSA) is 96.0 Å². The number of anilines is 1. The molecule has 1 fully saturated rings.